The van der Waals surface area contributed by atoms with Gasteiger partial charge in [-0.2, -0.15) is 0 Å². The molecular weight excluding hydrogens is 450 g/mol. The van der Waals surface area contributed by atoms with Gasteiger partial charge in [-0.15, -0.1) is 5.10 Å². The van der Waals surface area contributed by atoms with E-state index in [0.29, 0.717) is 42.3 Å². The van der Waals surface area contributed by atoms with E-state index in [1.165, 1.54) is 0 Å². The van der Waals surface area contributed by atoms with Gasteiger partial charge in [0.15, 0.2) is 0 Å². The molecule has 0 saturated carbocycles. The Morgan fingerprint density at radius 1 is 1.15 bits per heavy atom. The number of aromatic nitrogens is 4. The van der Waals surface area contributed by atoms with Crippen LogP contribution in [-0.2, 0) is 22.7 Å². The molecule has 0 aliphatic carbocycles. The number of rotatable bonds is 6. The third-order valence-corrected chi connectivity index (χ3v) is 6.72. The lowest BCUT2D eigenvalue weighted by Gasteiger charge is -2.30. The number of piperidine rings is 1. The summed E-state index contributed by atoms with van der Waals surface area (Å²) in [5.74, 6) is 0.224. The normalized spacial score (nSPS) is 16.8. The van der Waals surface area contributed by atoms with Crippen LogP contribution in [0.1, 0.15) is 25.3 Å². The van der Waals surface area contributed by atoms with E-state index < -0.39 is 0 Å². The summed E-state index contributed by atoms with van der Waals surface area (Å²) in [7, 11) is 0. The average molecular weight is 478 g/mol. The van der Waals surface area contributed by atoms with E-state index in [1.54, 1.807) is 9.25 Å². The van der Waals surface area contributed by atoms with E-state index in [2.05, 4.69) is 4.90 Å². The molecule has 1 aliphatic rings. The standard InChI is InChI=1S/C25H27N5O3S/c1-2-33-23(32)19-11-8-14-27(16-19)17-29-25(34)30-21-13-7-6-12-20(21)22(31)28(24(30)26-29)15-18-9-4-3-5-10-18/h3-7,9-10,12-13,19H,2,8,11,14-17H2,1H3. The predicted octanol–water partition coefficient (Wildman–Crippen LogP) is 3.46. The van der Waals surface area contributed by atoms with Crippen molar-refractivity contribution < 1.29 is 9.53 Å². The molecule has 0 radical (unpaired) electrons. The molecule has 1 saturated heterocycles. The number of carbonyl (C=O) groups excluding carboxylic acids is 1. The molecule has 34 heavy (non-hydrogen) atoms. The molecule has 176 valence electrons. The van der Waals surface area contributed by atoms with E-state index in [4.69, 9.17) is 22.1 Å². The highest BCUT2D eigenvalue weighted by molar-refractivity contribution is 7.71. The Kier molecular flexibility index (Phi) is 6.30. The molecule has 1 unspecified atom stereocenters. The van der Waals surface area contributed by atoms with Gasteiger partial charge in [0.05, 0.1) is 36.6 Å². The molecule has 5 rings (SSSR count). The Balaban J connectivity index is 1.57. The summed E-state index contributed by atoms with van der Waals surface area (Å²) in [5.41, 5.74) is 1.65. The van der Waals surface area contributed by atoms with Gasteiger partial charge in [0.2, 0.25) is 10.5 Å². The van der Waals surface area contributed by atoms with Gasteiger partial charge >= 0.3 is 5.97 Å². The van der Waals surface area contributed by atoms with Crippen LogP contribution in [0.2, 0.25) is 0 Å². The summed E-state index contributed by atoms with van der Waals surface area (Å²) < 4.78 is 11.1. The Morgan fingerprint density at radius 3 is 2.71 bits per heavy atom. The van der Waals surface area contributed by atoms with E-state index in [1.807, 2.05) is 65.9 Å². The van der Waals surface area contributed by atoms with Gasteiger partial charge in [-0.1, -0.05) is 42.5 Å². The van der Waals surface area contributed by atoms with Crippen LogP contribution in [0.15, 0.2) is 59.4 Å². The Hall–Kier alpha value is -3.30. The number of hydrogen-bond acceptors (Lipinski definition) is 6. The van der Waals surface area contributed by atoms with Crippen molar-refractivity contribution in [2.45, 2.75) is 33.0 Å². The first-order valence-corrected chi connectivity index (χ1v) is 12.0. The monoisotopic (exact) mass is 477 g/mol. The quantitative estimate of drug-likeness (QED) is 0.313. The second kappa shape index (κ2) is 9.52. The number of esters is 1. The summed E-state index contributed by atoms with van der Waals surface area (Å²) in [6, 6.07) is 17.3. The van der Waals surface area contributed by atoms with Crippen molar-refractivity contribution in [1.29, 1.82) is 0 Å². The zero-order valence-corrected chi connectivity index (χ0v) is 19.9. The summed E-state index contributed by atoms with van der Waals surface area (Å²) in [5, 5.41) is 5.40. The Morgan fingerprint density at radius 2 is 1.91 bits per heavy atom. The van der Waals surface area contributed by atoms with E-state index in [-0.39, 0.29) is 17.4 Å². The Bertz CT molecular complexity index is 1460. The highest BCUT2D eigenvalue weighted by atomic mass is 32.1. The molecule has 0 spiro atoms. The molecule has 2 aromatic heterocycles. The van der Waals surface area contributed by atoms with Crippen molar-refractivity contribution in [2.24, 2.45) is 5.92 Å². The number of para-hydroxylation sites is 1. The van der Waals surface area contributed by atoms with Crippen LogP contribution in [0.5, 0.6) is 0 Å². The lowest BCUT2D eigenvalue weighted by molar-refractivity contribution is -0.150. The number of hydrogen-bond donors (Lipinski definition) is 0. The fourth-order valence-electron chi connectivity index (χ4n) is 4.69. The third kappa shape index (κ3) is 4.17. The van der Waals surface area contributed by atoms with Gasteiger partial charge in [-0.3, -0.25) is 23.5 Å². The van der Waals surface area contributed by atoms with E-state index in [0.717, 1.165) is 30.5 Å². The van der Waals surface area contributed by atoms with Crippen LogP contribution < -0.4 is 5.56 Å². The van der Waals surface area contributed by atoms with E-state index >= 15 is 0 Å². The van der Waals surface area contributed by atoms with Crippen molar-refractivity contribution in [2.75, 3.05) is 19.7 Å². The first kappa shape index (κ1) is 22.5. The maximum atomic E-state index is 13.4. The minimum absolute atomic E-state index is 0.0977. The summed E-state index contributed by atoms with van der Waals surface area (Å²) >= 11 is 5.84. The molecule has 9 heteroatoms. The largest absolute Gasteiger partial charge is 0.466 e. The molecule has 1 aliphatic heterocycles. The molecule has 3 heterocycles. The number of carbonyl (C=O) groups is 1. The molecular formula is C25H27N5O3S. The van der Waals surface area contributed by atoms with Crippen LogP contribution in [-0.4, -0.2) is 49.3 Å². The van der Waals surface area contributed by atoms with Gasteiger partial charge in [0, 0.05) is 6.54 Å². The maximum Gasteiger partial charge on any atom is 0.310 e. The number of likely N-dealkylation sites (tertiary alicyclic amines) is 1. The lowest BCUT2D eigenvalue weighted by atomic mass is 9.99. The van der Waals surface area contributed by atoms with Crippen LogP contribution >= 0.6 is 12.2 Å². The first-order valence-electron chi connectivity index (χ1n) is 11.6. The molecule has 0 amide bonds. The zero-order chi connectivity index (χ0) is 23.7. The molecule has 4 aromatic rings. The number of benzene rings is 2. The smallest absolute Gasteiger partial charge is 0.310 e. The van der Waals surface area contributed by atoms with Gasteiger partial charge in [-0.25, -0.2) is 4.68 Å². The predicted molar refractivity (Wildman–Crippen MR) is 132 cm³/mol. The highest BCUT2D eigenvalue weighted by Crippen LogP contribution is 2.20. The van der Waals surface area contributed by atoms with Crippen LogP contribution in [0.25, 0.3) is 16.7 Å². The van der Waals surface area contributed by atoms with Crippen molar-refractivity contribution in [3.63, 3.8) is 0 Å². The van der Waals surface area contributed by atoms with Crippen LogP contribution in [0, 0.1) is 10.7 Å². The summed E-state index contributed by atoms with van der Waals surface area (Å²) in [4.78, 5) is 27.9. The van der Waals surface area contributed by atoms with Gasteiger partial charge < -0.3 is 4.74 Å². The summed E-state index contributed by atoms with van der Waals surface area (Å²) in [6.45, 7) is 4.51. The minimum Gasteiger partial charge on any atom is -0.466 e. The first-order chi connectivity index (χ1) is 16.6. The number of fused-ring (bicyclic) bond motifs is 3. The van der Waals surface area contributed by atoms with Gasteiger partial charge in [0.1, 0.15) is 0 Å². The van der Waals surface area contributed by atoms with Gasteiger partial charge in [-0.05, 0) is 56.2 Å². The fourth-order valence-corrected chi connectivity index (χ4v) is 4.97. The topological polar surface area (TPSA) is 73.8 Å². The second-order valence-electron chi connectivity index (χ2n) is 8.62. The van der Waals surface area contributed by atoms with Crippen molar-refractivity contribution in [1.82, 2.24) is 23.6 Å². The maximum absolute atomic E-state index is 13.4. The zero-order valence-electron chi connectivity index (χ0n) is 19.1. The third-order valence-electron chi connectivity index (χ3n) is 6.33. The number of nitrogens with zero attached hydrogens (tertiary/aromatic N) is 5. The molecule has 0 N–H and O–H groups in total. The van der Waals surface area contributed by atoms with Crippen molar-refractivity contribution >= 4 is 34.9 Å². The summed E-state index contributed by atoms with van der Waals surface area (Å²) in [6.07, 6.45) is 1.74. The van der Waals surface area contributed by atoms with Crippen LogP contribution in [0.3, 0.4) is 0 Å². The molecule has 2 aromatic carbocycles. The van der Waals surface area contributed by atoms with E-state index in [9.17, 15) is 9.59 Å². The number of ether oxygens (including phenoxy) is 1. The lowest BCUT2D eigenvalue weighted by Crippen LogP contribution is -2.40. The Labute approximate surface area is 202 Å². The second-order valence-corrected chi connectivity index (χ2v) is 8.99. The van der Waals surface area contributed by atoms with Gasteiger partial charge in [0.25, 0.3) is 5.56 Å². The van der Waals surface area contributed by atoms with Crippen molar-refractivity contribution in [3.05, 3.63) is 75.3 Å². The average Bonchev–Trinajstić information content (AvgIpc) is 3.18. The molecule has 0 bridgehead atoms. The van der Waals surface area contributed by atoms with Crippen LogP contribution in [0.4, 0.5) is 0 Å². The molecule has 1 fully saturated rings. The fraction of sp³-hybridized carbons (Fsp3) is 0.360. The minimum atomic E-state index is -0.145. The SMILES string of the molecule is CCOC(=O)C1CCCN(Cn2nc3n(Cc4ccccc4)c(=O)c4ccccc4n3c2=S)C1. The highest BCUT2D eigenvalue weighted by Gasteiger charge is 2.27. The molecule has 8 nitrogen and oxygen atoms in total. The van der Waals surface area contributed by atoms with Crippen molar-refractivity contribution in [3.8, 4) is 0 Å². The molecule has 1 atom stereocenters.